The Bertz CT molecular complexity index is 1410. The summed E-state index contributed by atoms with van der Waals surface area (Å²) >= 11 is 0. The highest BCUT2D eigenvalue weighted by atomic mass is 19.1. The van der Waals surface area contributed by atoms with E-state index in [1.165, 1.54) is 17.7 Å². The summed E-state index contributed by atoms with van der Waals surface area (Å²) in [6.07, 6.45) is 3.14. The van der Waals surface area contributed by atoms with Gasteiger partial charge in [0.25, 0.3) is 0 Å². The lowest BCUT2D eigenvalue weighted by molar-refractivity contribution is -0.138. The number of carbonyl (C=O) groups excluding carboxylic acids is 2. The summed E-state index contributed by atoms with van der Waals surface area (Å²) in [6.45, 7) is 1.38. The van der Waals surface area contributed by atoms with Crippen LogP contribution in [-0.2, 0) is 17.3 Å². The van der Waals surface area contributed by atoms with Gasteiger partial charge in [-0.3, -0.25) is 4.79 Å². The highest BCUT2D eigenvalue weighted by molar-refractivity contribution is 5.91. The first kappa shape index (κ1) is 24.7. The zero-order valence-corrected chi connectivity index (χ0v) is 21.7. The number of benzene rings is 2. The first-order chi connectivity index (χ1) is 18.3. The fraction of sp³-hybridized carbons (Fsp3) is 0.448. The standard InChI is InChI=1S/C29H33FN4O4/c1-32-23-15-21(38-2)8-9-22(23)25-26(32)24(16-35)34(27(36)18-6-7-18)17-29(25)10-12-33(13-11-29)28(37)31-20-5-3-4-19(30)14-20/h3-5,8-9,14-15,18,24,35H,6-7,10-13,16-17H2,1-2H3,(H,31,37)/t24-/m0/s1. The van der Waals surface area contributed by atoms with E-state index in [1.54, 1.807) is 24.1 Å². The minimum Gasteiger partial charge on any atom is -0.497 e. The van der Waals surface area contributed by atoms with Gasteiger partial charge in [-0.05, 0) is 61.6 Å². The molecule has 3 heterocycles. The van der Waals surface area contributed by atoms with Gasteiger partial charge in [-0.15, -0.1) is 0 Å². The highest BCUT2D eigenvalue weighted by Gasteiger charge is 2.51. The van der Waals surface area contributed by atoms with E-state index < -0.39 is 11.9 Å². The third-order valence-electron chi connectivity index (χ3n) is 8.61. The number of aliphatic hydroxyl groups excluding tert-OH is 1. The number of urea groups is 1. The quantitative estimate of drug-likeness (QED) is 0.541. The number of ether oxygens (including phenoxy) is 1. The third-order valence-corrected chi connectivity index (χ3v) is 8.61. The molecule has 1 saturated carbocycles. The Morgan fingerprint density at radius 3 is 2.58 bits per heavy atom. The van der Waals surface area contributed by atoms with Gasteiger partial charge >= 0.3 is 6.03 Å². The fourth-order valence-electron chi connectivity index (χ4n) is 6.47. The minimum atomic E-state index is -0.415. The van der Waals surface area contributed by atoms with E-state index in [9.17, 15) is 19.1 Å². The molecule has 1 atom stereocenters. The van der Waals surface area contributed by atoms with Crippen molar-refractivity contribution in [3.8, 4) is 5.75 Å². The van der Waals surface area contributed by atoms with E-state index in [0.717, 1.165) is 35.2 Å². The molecular weight excluding hydrogens is 487 g/mol. The van der Waals surface area contributed by atoms with Gasteiger partial charge in [0, 0.05) is 60.8 Å². The highest BCUT2D eigenvalue weighted by Crippen LogP contribution is 2.51. The van der Waals surface area contributed by atoms with Crippen LogP contribution >= 0.6 is 0 Å². The number of aromatic nitrogens is 1. The van der Waals surface area contributed by atoms with E-state index >= 15 is 0 Å². The summed E-state index contributed by atoms with van der Waals surface area (Å²) in [5.41, 5.74) is 3.20. The molecule has 1 saturated heterocycles. The number of likely N-dealkylation sites (tertiary alicyclic amines) is 1. The van der Waals surface area contributed by atoms with Crippen LogP contribution in [0.25, 0.3) is 10.9 Å². The van der Waals surface area contributed by atoms with Crippen LogP contribution in [0.4, 0.5) is 14.9 Å². The lowest BCUT2D eigenvalue weighted by Crippen LogP contribution is -2.56. The molecule has 2 N–H and O–H groups in total. The molecule has 200 valence electrons. The number of amides is 3. The fourth-order valence-corrected chi connectivity index (χ4v) is 6.47. The number of aryl methyl sites for hydroxylation is 1. The molecule has 2 aliphatic heterocycles. The monoisotopic (exact) mass is 520 g/mol. The molecule has 8 nitrogen and oxygen atoms in total. The lowest BCUT2D eigenvalue weighted by atomic mass is 9.68. The maximum absolute atomic E-state index is 13.6. The Morgan fingerprint density at radius 1 is 1.16 bits per heavy atom. The van der Waals surface area contributed by atoms with Crippen LogP contribution in [0.2, 0.25) is 0 Å². The molecule has 1 aliphatic carbocycles. The largest absolute Gasteiger partial charge is 0.497 e. The number of fused-ring (bicyclic) bond motifs is 4. The van der Waals surface area contributed by atoms with Gasteiger partial charge in [-0.25, -0.2) is 9.18 Å². The zero-order valence-electron chi connectivity index (χ0n) is 21.7. The molecule has 3 amide bonds. The summed E-state index contributed by atoms with van der Waals surface area (Å²) in [5.74, 6) is 0.499. The van der Waals surface area contributed by atoms with Crippen LogP contribution in [0.1, 0.15) is 43.0 Å². The second kappa shape index (κ2) is 9.31. The van der Waals surface area contributed by atoms with Crippen molar-refractivity contribution in [3.05, 3.63) is 59.5 Å². The van der Waals surface area contributed by atoms with Gasteiger partial charge in [0.05, 0.1) is 25.3 Å². The maximum Gasteiger partial charge on any atom is 0.321 e. The molecule has 6 rings (SSSR count). The molecule has 1 spiro atoms. The van der Waals surface area contributed by atoms with Crippen LogP contribution in [0, 0.1) is 11.7 Å². The second-order valence-corrected chi connectivity index (χ2v) is 10.8. The number of hydrogen-bond acceptors (Lipinski definition) is 4. The van der Waals surface area contributed by atoms with Gasteiger partial charge in [0.1, 0.15) is 11.6 Å². The number of nitrogens with one attached hydrogen (secondary N) is 1. The van der Waals surface area contributed by atoms with Crippen LogP contribution in [0.3, 0.4) is 0 Å². The SMILES string of the molecule is COc1ccc2c3c(n(C)c2c1)[C@H](CO)N(C(=O)C1CC1)CC31CCN(C(=O)Nc2cccc(F)c2)CC1. The molecule has 3 aromatic rings. The molecule has 2 fully saturated rings. The van der Waals surface area contributed by atoms with Gasteiger partial charge in [-0.1, -0.05) is 6.07 Å². The number of halogens is 1. The number of carbonyl (C=O) groups is 2. The predicted molar refractivity (Wildman–Crippen MR) is 142 cm³/mol. The van der Waals surface area contributed by atoms with Gasteiger partial charge < -0.3 is 29.5 Å². The van der Waals surface area contributed by atoms with Gasteiger partial charge in [-0.2, -0.15) is 0 Å². The smallest absolute Gasteiger partial charge is 0.321 e. The van der Waals surface area contributed by atoms with Crippen molar-refractivity contribution in [2.75, 3.05) is 38.7 Å². The summed E-state index contributed by atoms with van der Waals surface area (Å²) in [6, 6.07) is 11.2. The average molecular weight is 521 g/mol. The van der Waals surface area contributed by atoms with Crippen molar-refractivity contribution in [2.24, 2.45) is 13.0 Å². The normalized spacial score (nSPS) is 20.5. The number of piperidine rings is 1. The number of rotatable bonds is 4. The van der Waals surface area contributed by atoms with E-state index in [2.05, 4.69) is 16.0 Å². The zero-order chi connectivity index (χ0) is 26.6. The minimum absolute atomic E-state index is 0.0366. The first-order valence-corrected chi connectivity index (χ1v) is 13.2. The van der Waals surface area contributed by atoms with Gasteiger partial charge in [0.2, 0.25) is 5.91 Å². The molecule has 3 aliphatic rings. The van der Waals surface area contributed by atoms with Crippen molar-refractivity contribution in [1.29, 1.82) is 0 Å². The number of nitrogens with zero attached hydrogens (tertiary/aromatic N) is 3. The molecule has 9 heteroatoms. The first-order valence-electron chi connectivity index (χ1n) is 13.2. The number of methoxy groups -OCH3 is 1. The lowest BCUT2D eigenvalue weighted by Gasteiger charge is -2.50. The molecule has 0 bridgehead atoms. The van der Waals surface area contributed by atoms with E-state index in [1.807, 2.05) is 24.1 Å². The van der Waals surface area contributed by atoms with Crippen LogP contribution < -0.4 is 10.1 Å². The third kappa shape index (κ3) is 4.00. The Hall–Kier alpha value is -3.59. The topological polar surface area (TPSA) is 87.0 Å². The summed E-state index contributed by atoms with van der Waals surface area (Å²) in [5, 5.41) is 14.5. The predicted octanol–water partition coefficient (Wildman–Crippen LogP) is 4.18. The molecule has 2 aromatic carbocycles. The van der Waals surface area contributed by atoms with Crippen LogP contribution in [0.15, 0.2) is 42.5 Å². The van der Waals surface area contributed by atoms with Crippen molar-refractivity contribution in [3.63, 3.8) is 0 Å². The van der Waals surface area contributed by atoms with Crippen LogP contribution in [-0.4, -0.2) is 64.8 Å². The molecular formula is C29H33FN4O4. The second-order valence-electron chi connectivity index (χ2n) is 10.8. The number of hydrogen-bond donors (Lipinski definition) is 2. The molecule has 0 radical (unpaired) electrons. The Kier molecular flexibility index (Phi) is 6.06. The van der Waals surface area contributed by atoms with Crippen molar-refractivity contribution in [1.82, 2.24) is 14.4 Å². The Balaban J connectivity index is 1.37. The summed E-state index contributed by atoms with van der Waals surface area (Å²) < 4.78 is 21.2. The molecule has 38 heavy (non-hydrogen) atoms. The van der Waals surface area contributed by atoms with Crippen LogP contribution in [0.5, 0.6) is 5.75 Å². The van der Waals surface area contributed by atoms with Crippen molar-refractivity contribution in [2.45, 2.75) is 37.1 Å². The molecule has 1 aromatic heterocycles. The molecule has 0 unspecified atom stereocenters. The van der Waals surface area contributed by atoms with Crippen molar-refractivity contribution >= 4 is 28.5 Å². The van der Waals surface area contributed by atoms with Crippen molar-refractivity contribution < 1.29 is 23.8 Å². The van der Waals surface area contributed by atoms with E-state index in [0.29, 0.717) is 38.2 Å². The van der Waals surface area contributed by atoms with E-state index in [4.69, 9.17) is 4.74 Å². The Morgan fingerprint density at radius 2 is 1.92 bits per heavy atom. The van der Waals surface area contributed by atoms with E-state index in [-0.39, 0.29) is 29.9 Å². The Labute approximate surface area is 221 Å². The number of anilines is 1. The summed E-state index contributed by atoms with van der Waals surface area (Å²) in [4.78, 5) is 30.2. The van der Waals surface area contributed by atoms with Gasteiger partial charge in [0.15, 0.2) is 0 Å². The average Bonchev–Trinajstić information content (AvgIpc) is 3.73. The summed E-state index contributed by atoms with van der Waals surface area (Å²) in [7, 11) is 3.63. The maximum atomic E-state index is 13.6. The number of aliphatic hydroxyl groups is 1.